The Balaban J connectivity index is 1.43. The summed E-state index contributed by atoms with van der Waals surface area (Å²) in [6.07, 6.45) is 10.0. The first-order valence-corrected chi connectivity index (χ1v) is 7.35. The largest absolute Gasteiger partial charge is 0.355 e. The highest BCUT2D eigenvalue weighted by atomic mass is 16.2. The molecule has 0 aromatic heterocycles. The lowest BCUT2D eigenvalue weighted by molar-refractivity contribution is -0.123. The Labute approximate surface area is 105 Å². The molecular formula is C14H26N2O. The molecular weight excluding hydrogens is 212 g/mol. The van der Waals surface area contributed by atoms with Crippen molar-refractivity contribution in [2.75, 3.05) is 6.54 Å². The number of amides is 1. The van der Waals surface area contributed by atoms with Crippen LogP contribution in [0.3, 0.4) is 0 Å². The van der Waals surface area contributed by atoms with Crippen LogP contribution in [-0.2, 0) is 4.79 Å². The highest BCUT2D eigenvalue weighted by Crippen LogP contribution is 2.40. The Hall–Kier alpha value is -0.570. The summed E-state index contributed by atoms with van der Waals surface area (Å²) in [4.78, 5) is 11.8. The van der Waals surface area contributed by atoms with E-state index in [1.165, 1.54) is 38.5 Å². The van der Waals surface area contributed by atoms with Gasteiger partial charge in [0.05, 0.1) is 6.04 Å². The van der Waals surface area contributed by atoms with Crippen molar-refractivity contribution in [3.8, 4) is 0 Å². The van der Waals surface area contributed by atoms with Gasteiger partial charge in [-0.2, -0.15) is 0 Å². The van der Waals surface area contributed by atoms with E-state index in [1.54, 1.807) is 0 Å². The molecule has 17 heavy (non-hydrogen) atoms. The van der Waals surface area contributed by atoms with Crippen molar-refractivity contribution in [3.63, 3.8) is 0 Å². The zero-order chi connectivity index (χ0) is 12.1. The lowest BCUT2D eigenvalue weighted by Gasteiger charge is -2.13. The maximum atomic E-state index is 11.8. The van der Waals surface area contributed by atoms with Gasteiger partial charge in [-0.05, 0) is 25.2 Å². The maximum absolute atomic E-state index is 11.8. The van der Waals surface area contributed by atoms with Gasteiger partial charge < -0.3 is 10.6 Å². The molecule has 2 fully saturated rings. The second kappa shape index (κ2) is 6.39. The van der Waals surface area contributed by atoms with Crippen LogP contribution in [0.1, 0.15) is 58.3 Å². The molecule has 0 radical (unpaired) electrons. The molecule has 1 saturated carbocycles. The van der Waals surface area contributed by atoms with E-state index in [0.717, 1.165) is 25.3 Å². The number of hydrogen-bond donors (Lipinski definition) is 2. The van der Waals surface area contributed by atoms with Gasteiger partial charge in [-0.3, -0.25) is 4.79 Å². The Bertz CT molecular complexity index is 245. The average Bonchev–Trinajstić information content (AvgIpc) is 2.95. The third-order valence-corrected chi connectivity index (χ3v) is 4.02. The molecule has 3 nitrogen and oxygen atoms in total. The van der Waals surface area contributed by atoms with Gasteiger partial charge in [0.1, 0.15) is 0 Å². The molecule has 1 heterocycles. The average molecular weight is 238 g/mol. The van der Waals surface area contributed by atoms with E-state index < -0.39 is 0 Å². The van der Waals surface area contributed by atoms with Crippen molar-refractivity contribution >= 4 is 5.91 Å². The summed E-state index contributed by atoms with van der Waals surface area (Å²) in [5.41, 5.74) is 0. The number of fused-ring (bicyclic) bond motifs is 1. The molecule has 2 aliphatic rings. The van der Waals surface area contributed by atoms with Crippen LogP contribution in [0.4, 0.5) is 0 Å². The van der Waals surface area contributed by atoms with Crippen molar-refractivity contribution in [3.05, 3.63) is 0 Å². The summed E-state index contributed by atoms with van der Waals surface area (Å²) in [6, 6.07) is 0.777. The molecule has 2 N–H and O–H groups in total. The molecule has 0 bridgehead atoms. The molecule has 1 aliphatic carbocycles. The lowest BCUT2D eigenvalue weighted by Crippen LogP contribution is -2.42. The predicted molar refractivity (Wildman–Crippen MR) is 69.8 cm³/mol. The second-order valence-corrected chi connectivity index (χ2v) is 5.62. The number of nitrogens with one attached hydrogen (secondary N) is 2. The zero-order valence-corrected chi connectivity index (χ0v) is 11.0. The van der Waals surface area contributed by atoms with Crippen LogP contribution in [0, 0.1) is 5.92 Å². The minimum absolute atomic E-state index is 0.110. The van der Waals surface area contributed by atoms with Gasteiger partial charge in [0.15, 0.2) is 0 Å². The minimum Gasteiger partial charge on any atom is -0.355 e. The van der Waals surface area contributed by atoms with E-state index in [4.69, 9.17) is 0 Å². The standard InChI is InChI=1S/C14H26N2O/c1-2-3-4-5-6-7-8-15-14(17)13-10-11-9-12(11)16-13/h11-13,16H,2-10H2,1H3,(H,15,17). The number of unbranched alkanes of at least 4 members (excludes halogenated alkanes) is 5. The quantitative estimate of drug-likeness (QED) is 0.637. The number of hydrogen-bond acceptors (Lipinski definition) is 2. The van der Waals surface area contributed by atoms with Crippen LogP contribution in [-0.4, -0.2) is 24.5 Å². The van der Waals surface area contributed by atoms with E-state index in [1.807, 2.05) is 0 Å². The first-order chi connectivity index (χ1) is 8.31. The van der Waals surface area contributed by atoms with Crippen LogP contribution in [0.15, 0.2) is 0 Å². The summed E-state index contributed by atoms with van der Waals surface area (Å²) < 4.78 is 0. The topological polar surface area (TPSA) is 41.1 Å². The second-order valence-electron chi connectivity index (χ2n) is 5.62. The first-order valence-electron chi connectivity index (χ1n) is 7.35. The SMILES string of the molecule is CCCCCCCCNC(=O)C1CC2CC2N1. The van der Waals surface area contributed by atoms with Crippen LogP contribution >= 0.6 is 0 Å². The molecule has 3 atom stereocenters. The number of rotatable bonds is 8. The minimum atomic E-state index is 0.110. The van der Waals surface area contributed by atoms with Gasteiger partial charge in [0, 0.05) is 12.6 Å². The van der Waals surface area contributed by atoms with Crippen molar-refractivity contribution in [2.45, 2.75) is 70.4 Å². The highest BCUT2D eigenvalue weighted by Gasteiger charge is 2.47. The van der Waals surface area contributed by atoms with E-state index in [2.05, 4.69) is 17.6 Å². The van der Waals surface area contributed by atoms with Gasteiger partial charge in [-0.25, -0.2) is 0 Å². The molecule has 1 saturated heterocycles. The van der Waals surface area contributed by atoms with Gasteiger partial charge in [0.25, 0.3) is 0 Å². The fourth-order valence-corrected chi connectivity index (χ4v) is 2.76. The normalized spacial score (nSPS) is 30.1. The smallest absolute Gasteiger partial charge is 0.237 e. The van der Waals surface area contributed by atoms with Gasteiger partial charge in [0.2, 0.25) is 5.91 Å². The van der Waals surface area contributed by atoms with Crippen LogP contribution < -0.4 is 10.6 Å². The maximum Gasteiger partial charge on any atom is 0.237 e. The fourth-order valence-electron chi connectivity index (χ4n) is 2.76. The molecule has 0 spiro atoms. The van der Waals surface area contributed by atoms with E-state index in [-0.39, 0.29) is 11.9 Å². The predicted octanol–water partition coefficient (Wildman–Crippen LogP) is 2.21. The zero-order valence-electron chi connectivity index (χ0n) is 11.0. The molecule has 98 valence electrons. The Kier molecular flexibility index (Phi) is 4.84. The van der Waals surface area contributed by atoms with Crippen LogP contribution in [0.2, 0.25) is 0 Å². The molecule has 1 aliphatic heterocycles. The molecule has 0 aromatic carbocycles. The van der Waals surface area contributed by atoms with Gasteiger partial charge >= 0.3 is 0 Å². The van der Waals surface area contributed by atoms with Crippen molar-refractivity contribution < 1.29 is 4.79 Å². The first kappa shape index (κ1) is 12.9. The van der Waals surface area contributed by atoms with Gasteiger partial charge in [-0.15, -0.1) is 0 Å². The molecule has 1 amide bonds. The van der Waals surface area contributed by atoms with E-state index >= 15 is 0 Å². The van der Waals surface area contributed by atoms with Crippen molar-refractivity contribution in [2.24, 2.45) is 5.92 Å². The fraction of sp³-hybridized carbons (Fsp3) is 0.929. The summed E-state index contributed by atoms with van der Waals surface area (Å²) in [5, 5.41) is 6.44. The highest BCUT2D eigenvalue weighted by molar-refractivity contribution is 5.82. The van der Waals surface area contributed by atoms with Gasteiger partial charge in [-0.1, -0.05) is 39.0 Å². The molecule has 3 unspecified atom stereocenters. The summed E-state index contributed by atoms with van der Waals surface area (Å²) in [7, 11) is 0. The summed E-state index contributed by atoms with van der Waals surface area (Å²) in [5.74, 6) is 1.03. The third-order valence-electron chi connectivity index (χ3n) is 4.02. The third kappa shape index (κ3) is 3.98. The number of piperidine rings is 1. The van der Waals surface area contributed by atoms with E-state index in [9.17, 15) is 4.79 Å². The Morgan fingerprint density at radius 1 is 1.18 bits per heavy atom. The van der Waals surface area contributed by atoms with Crippen LogP contribution in [0.25, 0.3) is 0 Å². The Morgan fingerprint density at radius 2 is 1.94 bits per heavy atom. The summed E-state index contributed by atoms with van der Waals surface area (Å²) >= 11 is 0. The van der Waals surface area contributed by atoms with E-state index in [0.29, 0.717) is 6.04 Å². The number of carbonyl (C=O) groups is 1. The molecule has 3 heteroatoms. The van der Waals surface area contributed by atoms with Crippen molar-refractivity contribution in [1.82, 2.24) is 10.6 Å². The van der Waals surface area contributed by atoms with Crippen LogP contribution in [0.5, 0.6) is 0 Å². The Morgan fingerprint density at radius 3 is 2.65 bits per heavy atom. The molecule has 0 aromatic rings. The summed E-state index contributed by atoms with van der Waals surface area (Å²) in [6.45, 7) is 3.10. The number of carbonyl (C=O) groups excluding carboxylic acids is 1. The lowest BCUT2D eigenvalue weighted by atomic mass is 10.1. The van der Waals surface area contributed by atoms with Crippen molar-refractivity contribution in [1.29, 1.82) is 0 Å². The molecule has 2 rings (SSSR count). The monoisotopic (exact) mass is 238 g/mol.